The summed E-state index contributed by atoms with van der Waals surface area (Å²) in [4.78, 5) is 24.2. The summed E-state index contributed by atoms with van der Waals surface area (Å²) in [5, 5.41) is 5.36. The Bertz CT molecular complexity index is 901. The summed E-state index contributed by atoms with van der Waals surface area (Å²) in [5.74, 6) is -1.20. The SMILES string of the molecule is C[C@@H](NC(=O)c1ccccc1Cl)C(=O)NCCS(=O)(=O)Cc1ccccc1. The Labute approximate surface area is 163 Å². The van der Waals surface area contributed by atoms with Crippen molar-refractivity contribution in [2.75, 3.05) is 12.3 Å². The van der Waals surface area contributed by atoms with Gasteiger partial charge in [0, 0.05) is 6.54 Å². The molecule has 0 radical (unpaired) electrons. The van der Waals surface area contributed by atoms with Crippen LogP contribution in [-0.4, -0.2) is 38.6 Å². The highest BCUT2D eigenvalue weighted by Gasteiger charge is 2.19. The number of hydrogen-bond acceptors (Lipinski definition) is 4. The first-order valence-corrected chi connectivity index (χ1v) is 10.6. The molecule has 6 nitrogen and oxygen atoms in total. The number of amides is 2. The van der Waals surface area contributed by atoms with Gasteiger partial charge in [-0.3, -0.25) is 9.59 Å². The molecule has 2 aromatic carbocycles. The summed E-state index contributed by atoms with van der Waals surface area (Å²) in [7, 11) is -3.35. The zero-order valence-corrected chi connectivity index (χ0v) is 16.4. The molecule has 8 heteroatoms. The van der Waals surface area contributed by atoms with E-state index in [0.29, 0.717) is 5.56 Å². The molecule has 0 aliphatic carbocycles. The lowest BCUT2D eigenvalue weighted by Crippen LogP contribution is -2.45. The summed E-state index contributed by atoms with van der Waals surface area (Å²) >= 11 is 5.95. The van der Waals surface area contributed by atoms with E-state index in [2.05, 4.69) is 10.6 Å². The van der Waals surface area contributed by atoms with E-state index in [1.807, 2.05) is 6.07 Å². The molecule has 2 aromatic rings. The molecule has 0 heterocycles. The van der Waals surface area contributed by atoms with E-state index in [1.165, 1.54) is 6.92 Å². The maximum Gasteiger partial charge on any atom is 0.253 e. The standard InChI is InChI=1S/C19H21ClN2O4S/c1-14(22-19(24)16-9-5-6-10-17(16)20)18(23)21-11-12-27(25,26)13-15-7-3-2-4-8-15/h2-10,14H,11-13H2,1H3,(H,21,23)(H,22,24)/t14-/m1/s1. The molecule has 0 saturated carbocycles. The number of halogens is 1. The minimum atomic E-state index is -3.35. The van der Waals surface area contributed by atoms with Crippen LogP contribution in [0.1, 0.15) is 22.8 Å². The Kier molecular flexibility index (Phi) is 7.38. The van der Waals surface area contributed by atoms with Crippen molar-refractivity contribution in [3.05, 3.63) is 70.7 Å². The summed E-state index contributed by atoms with van der Waals surface area (Å²) in [6.45, 7) is 1.49. The van der Waals surface area contributed by atoms with Crippen molar-refractivity contribution >= 4 is 33.3 Å². The Morgan fingerprint density at radius 1 is 1.04 bits per heavy atom. The summed E-state index contributed by atoms with van der Waals surface area (Å²) < 4.78 is 24.2. The van der Waals surface area contributed by atoms with Gasteiger partial charge in [-0.25, -0.2) is 8.42 Å². The van der Waals surface area contributed by atoms with Crippen molar-refractivity contribution in [2.24, 2.45) is 0 Å². The zero-order chi connectivity index (χ0) is 19.9. The van der Waals surface area contributed by atoms with Crippen molar-refractivity contribution in [2.45, 2.75) is 18.7 Å². The zero-order valence-electron chi connectivity index (χ0n) is 14.8. The number of carbonyl (C=O) groups excluding carboxylic acids is 2. The quantitative estimate of drug-likeness (QED) is 0.700. The molecular weight excluding hydrogens is 388 g/mol. The first kappa shape index (κ1) is 20.9. The number of sulfone groups is 1. The highest BCUT2D eigenvalue weighted by Crippen LogP contribution is 2.14. The highest BCUT2D eigenvalue weighted by atomic mass is 35.5. The van der Waals surface area contributed by atoms with Gasteiger partial charge in [-0.1, -0.05) is 54.1 Å². The smallest absolute Gasteiger partial charge is 0.253 e. The molecule has 2 N–H and O–H groups in total. The lowest BCUT2D eigenvalue weighted by Gasteiger charge is -2.14. The van der Waals surface area contributed by atoms with Gasteiger partial charge in [-0.15, -0.1) is 0 Å². The van der Waals surface area contributed by atoms with Crippen molar-refractivity contribution in [1.82, 2.24) is 10.6 Å². The number of nitrogens with one attached hydrogen (secondary N) is 2. The van der Waals surface area contributed by atoms with Crippen molar-refractivity contribution < 1.29 is 18.0 Å². The number of rotatable bonds is 8. The van der Waals surface area contributed by atoms with Crippen molar-refractivity contribution in [3.8, 4) is 0 Å². The van der Waals surface area contributed by atoms with Gasteiger partial charge in [0.1, 0.15) is 6.04 Å². The monoisotopic (exact) mass is 408 g/mol. The van der Waals surface area contributed by atoms with E-state index in [4.69, 9.17) is 11.6 Å². The molecule has 0 spiro atoms. The van der Waals surface area contributed by atoms with Crippen LogP contribution < -0.4 is 10.6 Å². The normalized spacial score (nSPS) is 12.2. The summed E-state index contributed by atoms with van der Waals surface area (Å²) in [6, 6.07) is 14.5. The Morgan fingerprint density at radius 2 is 1.67 bits per heavy atom. The van der Waals surface area contributed by atoms with Gasteiger partial charge >= 0.3 is 0 Å². The third-order valence-electron chi connectivity index (χ3n) is 3.80. The van der Waals surface area contributed by atoms with Crippen LogP contribution in [0.5, 0.6) is 0 Å². The molecule has 0 bridgehead atoms. The predicted molar refractivity (Wildman–Crippen MR) is 105 cm³/mol. The van der Waals surface area contributed by atoms with E-state index in [0.717, 1.165) is 0 Å². The molecular formula is C19H21ClN2O4S. The summed E-state index contributed by atoms with van der Waals surface area (Å²) in [5.41, 5.74) is 0.966. The third kappa shape index (κ3) is 6.69. The van der Waals surface area contributed by atoms with Gasteiger partial charge in [-0.05, 0) is 24.6 Å². The maximum atomic E-state index is 12.1. The molecule has 2 amide bonds. The maximum absolute atomic E-state index is 12.1. The first-order valence-electron chi connectivity index (χ1n) is 8.36. The largest absolute Gasteiger partial charge is 0.353 e. The van der Waals surface area contributed by atoms with E-state index in [1.54, 1.807) is 48.5 Å². The summed E-state index contributed by atoms with van der Waals surface area (Å²) in [6.07, 6.45) is 0. The second-order valence-corrected chi connectivity index (χ2v) is 8.63. The molecule has 1 atom stereocenters. The van der Waals surface area contributed by atoms with Gasteiger partial charge in [0.2, 0.25) is 5.91 Å². The van der Waals surface area contributed by atoms with Gasteiger partial charge in [-0.2, -0.15) is 0 Å². The van der Waals surface area contributed by atoms with Crippen LogP contribution in [0.25, 0.3) is 0 Å². The van der Waals surface area contributed by atoms with Crippen LogP contribution >= 0.6 is 11.6 Å². The van der Waals surface area contributed by atoms with Crippen molar-refractivity contribution in [1.29, 1.82) is 0 Å². The molecule has 2 rings (SSSR count). The van der Waals surface area contributed by atoms with Crippen LogP contribution in [0.15, 0.2) is 54.6 Å². The van der Waals surface area contributed by atoms with Crippen molar-refractivity contribution in [3.63, 3.8) is 0 Å². The lowest BCUT2D eigenvalue weighted by molar-refractivity contribution is -0.122. The second kappa shape index (κ2) is 9.53. The van der Waals surface area contributed by atoms with Crippen LogP contribution in [0.2, 0.25) is 5.02 Å². The van der Waals surface area contributed by atoms with Gasteiger partial charge in [0.05, 0.1) is 22.1 Å². The third-order valence-corrected chi connectivity index (χ3v) is 5.73. The highest BCUT2D eigenvalue weighted by molar-refractivity contribution is 7.90. The van der Waals surface area contributed by atoms with E-state index < -0.39 is 27.7 Å². The predicted octanol–water partition coefficient (Wildman–Crippen LogP) is 2.19. The fraction of sp³-hybridized carbons (Fsp3) is 0.263. The number of carbonyl (C=O) groups is 2. The molecule has 0 aliphatic heterocycles. The Hall–Kier alpha value is -2.38. The molecule has 144 valence electrons. The van der Waals surface area contributed by atoms with Gasteiger partial charge < -0.3 is 10.6 Å². The molecule has 0 saturated heterocycles. The minimum absolute atomic E-state index is 0.0275. The van der Waals surface area contributed by atoms with E-state index in [9.17, 15) is 18.0 Å². The molecule has 0 aromatic heterocycles. The minimum Gasteiger partial charge on any atom is -0.353 e. The van der Waals surface area contributed by atoms with E-state index >= 15 is 0 Å². The molecule has 27 heavy (non-hydrogen) atoms. The molecule has 0 fully saturated rings. The van der Waals surface area contributed by atoms with Gasteiger partial charge in [0.15, 0.2) is 9.84 Å². The average molecular weight is 409 g/mol. The fourth-order valence-electron chi connectivity index (χ4n) is 2.37. The molecule has 0 aliphatic rings. The second-order valence-electron chi connectivity index (χ2n) is 6.04. The van der Waals surface area contributed by atoms with Gasteiger partial charge in [0.25, 0.3) is 5.91 Å². The fourth-order valence-corrected chi connectivity index (χ4v) is 3.85. The Balaban J connectivity index is 1.81. The lowest BCUT2D eigenvalue weighted by atomic mass is 10.2. The van der Waals surface area contributed by atoms with Crippen LogP contribution in [0, 0.1) is 0 Å². The number of hydrogen-bond donors (Lipinski definition) is 2. The van der Waals surface area contributed by atoms with Crippen LogP contribution in [0.4, 0.5) is 0 Å². The average Bonchev–Trinajstić information content (AvgIpc) is 2.62. The molecule has 0 unspecified atom stereocenters. The Morgan fingerprint density at radius 3 is 2.33 bits per heavy atom. The van der Waals surface area contributed by atoms with Crippen LogP contribution in [-0.2, 0) is 20.4 Å². The first-order chi connectivity index (χ1) is 12.8. The number of benzene rings is 2. The topological polar surface area (TPSA) is 92.3 Å². The van der Waals surface area contributed by atoms with E-state index in [-0.39, 0.29) is 28.6 Å². The van der Waals surface area contributed by atoms with Crippen LogP contribution in [0.3, 0.4) is 0 Å².